The van der Waals surface area contributed by atoms with Crippen LogP contribution in [0.4, 0.5) is 30.5 Å². The first-order valence-electron chi connectivity index (χ1n) is 12.7. The highest BCUT2D eigenvalue weighted by molar-refractivity contribution is 6.06. The minimum absolute atomic E-state index is 0.228. The Morgan fingerprint density at radius 3 is 2.50 bits per heavy atom. The highest BCUT2D eigenvalue weighted by Crippen LogP contribution is 2.27. The van der Waals surface area contributed by atoms with Gasteiger partial charge in [0.2, 0.25) is 5.95 Å². The number of likely N-dealkylation sites (N-methyl/N-ethyl adjacent to an activating group) is 1. The van der Waals surface area contributed by atoms with Gasteiger partial charge in [-0.2, -0.15) is 0 Å². The average Bonchev–Trinajstić information content (AvgIpc) is 3.36. The van der Waals surface area contributed by atoms with E-state index in [1.807, 2.05) is 13.1 Å². The third-order valence-corrected chi connectivity index (χ3v) is 6.87. The van der Waals surface area contributed by atoms with Crippen molar-refractivity contribution in [2.45, 2.75) is 25.3 Å². The second kappa shape index (κ2) is 11.7. The molecular formula is C30H27F3N6O. The van der Waals surface area contributed by atoms with Crippen molar-refractivity contribution in [1.82, 2.24) is 15.3 Å². The van der Waals surface area contributed by atoms with Crippen molar-refractivity contribution in [3.8, 4) is 0 Å². The maximum atomic E-state index is 14.6. The van der Waals surface area contributed by atoms with Crippen molar-refractivity contribution in [2.75, 3.05) is 24.7 Å². The fraction of sp³-hybridized carbons (Fsp3) is 0.200. The Hall–Kier alpha value is -4.57. The number of carbonyl (C=O) groups is 1. The average molecular weight is 545 g/mol. The smallest absolute Gasteiger partial charge is 0.261 e. The van der Waals surface area contributed by atoms with Crippen molar-refractivity contribution < 1.29 is 18.0 Å². The van der Waals surface area contributed by atoms with Crippen LogP contribution in [-0.4, -0.2) is 41.7 Å². The molecule has 0 saturated carbocycles. The lowest BCUT2D eigenvalue weighted by Crippen LogP contribution is -2.24. The van der Waals surface area contributed by atoms with E-state index in [0.29, 0.717) is 35.4 Å². The molecule has 0 fully saturated rings. The number of rotatable bonds is 8. The van der Waals surface area contributed by atoms with Gasteiger partial charge in [0.25, 0.3) is 5.91 Å². The van der Waals surface area contributed by atoms with Crippen LogP contribution >= 0.6 is 0 Å². The molecule has 0 bridgehead atoms. The Bertz CT molecular complexity index is 1590. The number of aliphatic imine (C=N–C) groups is 1. The molecule has 0 spiro atoms. The number of nitrogens with zero attached hydrogens (tertiary/aromatic N) is 3. The molecule has 1 unspecified atom stereocenters. The molecule has 4 aromatic rings. The molecule has 0 aliphatic heterocycles. The Balaban J connectivity index is 1.31. The Morgan fingerprint density at radius 1 is 0.975 bits per heavy atom. The zero-order valence-electron chi connectivity index (χ0n) is 21.9. The number of aromatic nitrogens is 2. The predicted molar refractivity (Wildman–Crippen MR) is 149 cm³/mol. The molecule has 40 heavy (non-hydrogen) atoms. The Labute approximate surface area is 229 Å². The van der Waals surface area contributed by atoms with Crippen LogP contribution in [0.3, 0.4) is 0 Å². The third-order valence-electron chi connectivity index (χ3n) is 6.87. The van der Waals surface area contributed by atoms with E-state index in [2.05, 4.69) is 43.0 Å². The quantitative estimate of drug-likeness (QED) is 0.264. The molecule has 1 heterocycles. The molecule has 1 aliphatic carbocycles. The number of nitrogens with one attached hydrogen (secondary N) is 3. The van der Waals surface area contributed by atoms with Gasteiger partial charge in [0.15, 0.2) is 0 Å². The van der Waals surface area contributed by atoms with E-state index in [9.17, 15) is 18.0 Å². The van der Waals surface area contributed by atoms with Crippen LogP contribution in [0.2, 0.25) is 0 Å². The van der Waals surface area contributed by atoms with E-state index >= 15 is 0 Å². The molecule has 0 saturated heterocycles. The van der Waals surface area contributed by atoms with E-state index in [1.165, 1.54) is 23.3 Å². The van der Waals surface area contributed by atoms with Gasteiger partial charge in [-0.15, -0.1) is 0 Å². The number of halogens is 3. The van der Waals surface area contributed by atoms with Crippen LogP contribution in [0.5, 0.6) is 0 Å². The molecule has 3 aromatic carbocycles. The van der Waals surface area contributed by atoms with Gasteiger partial charge in [0.1, 0.15) is 23.0 Å². The fourth-order valence-corrected chi connectivity index (χ4v) is 4.77. The summed E-state index contributed by atoms with van der Waals surface area (Å²) >= 11 is 0. The van der Waals surface area contributed by atoms with Crippen molar-refractivity contribution in [1.29, 1.82) is 0 Å². The number of carbonyl (C=O) groups excluding carboxylic acids is 1. The van der Waals surface area contributed by atoms with Gasteiger partial charge in [-0.1, -0.05) is 18.2 Å². The Morgan fingerprint density at radius 2 is 1.75 bits per heavy atom. The van der Waals surface area contributed by atoms with E-state index in [4.69, 9.17) is 0 Å². The van der Waals surface area contributed by atoms with E-state index in [0.717, 1.165) is 42.8 Å². The zero-order chi connectivity index (χ0) is 28.2. The van der Waals surface area contributed by atoms with Crippen LogP contribution in [0.15, 0.2) is 71.9 Å². The first-order valence-corrected chi connectivity index (χ1v) is 12.7. The van der Waals surface area contributed by atoms with Gasteiger partial charge >= 0.3 is 0 Å². The minimum atomic E-state index is -1.10. The van der Waals surface area contributed by atoms with E-state index in [1.54, 1.807) is 19.3 Å². The first-order chi connectivity index (χ1) is 19.3. The summed E-state index contributed by atoms with van der Waals surface area (Å²) in [6.07, 6.45) is 3.91. The molecule has 204 valence electrons. The Kier molecular flexibility index (Phi) is 7.88. The van der Waals surface area contributed by atoms with Gasteiger partial charge in [0.05, 0.1) is 11.4 Å². The van der Waals surface area contributed by atoms with Gasteiger partial charge in [-0.3, -0.25) is 9.79 Å². The molecule has 1 aromatic heterocycles. The maximum Gasteiger partial charge on any atom is 0.261 e. The van der Waals surface area contributed by atoms with E-state index in [-0.39, 0.29) is 5.69 Å². The molecule has 0 radical (unpaired) electrons. The molecule has 1 atom stereocenters. The number of anilines is 3. The van der Waals surface area contributed by atoms with Gasteiger partial charge in [0, 0.05) is 37.1 Å². The van der Waals surface area contributed by atoms with Crippen LogP contribution in [-0.2, 0) is 19.3 Å². The number of hydrogen-bond donors (Lipinski definition) is 3. The number of benzene rings is 3. The molecule has 5 rings (SSSR count). The molecule has 1 amide bonds. The number of amides is 1. The predicted octanol–water partition coefficient (Wildman–Crippen LogP) is 5.24. The second-order valence-electron chi connectivity index (χ2n) is 9.47. The fourth-order valence-electron chi connectivity index (χ4n) is 4.77. The molecular weight excluding hydrogens is 517 g/mol. The summed E-state index contributed by atoms with van der Waals surface area (Å²) in [6.45, 7) is 0. The topological polar surface area (TPSA) is 91.3 Å². The number of hydrogen-bond acceptors (Lipinski definition) is 6. The van der Waals surface area contributed by atoms with Crippen molar-refractivity contribution >= 4 is 28.9 Å². The van der Waals surface area contributed by atoms with Crippen LogP contribution in [0.25, 0.3) is 0 Å². The van der Waals surface area contributed by atoms with Gasteiger partial charge < -0.3 is 16.0 Å². The third kappa shape index (κ3) is 5.86. The van der Waals surface area contributed by atoms with Crippen LogP contribution in [0, 0.1) is 17.5 Å². The van der Waals surface area contributed by atoms with Crippen molar-refractivity contribution in [3.05, 3.63) is 112 Å². The molecule has 3 N–H and O–H groups in total. The maximum absolute atomic E-state index is 14.6. The second-order valence-corrected chi connectivity index (χ2v) is 9.47. The summed E-state index contributed by atoms with van der Waals surface area (Å²) in [5.41, 5.74) is 4.23. The lowest BCUT2D eigenvalue weighted by Gasteiger charge is -2.12. The van der Waals surface area contributed by atoms with Gasteiger partial charge in [-0.25, -0.2) is 23.1 Å². The molecule has 7 nitrogen and oxygen atoms in total. The highest BCUT2D eigenvalue weighted by Gasteiger charge is 2.21. The van der Waals surface area contributed by atoms with Gasteiger partial charge in [-0.05, 0) is 79.0 Å². The van der Waals surface area contributed by atoms with Crippen molar-refractivity contribution in [3.63, 3.8) is 0 Å². The molecule has 10 heteroatoms. The minimum Gasteiger partial charge on any atom is -0.324 e. The summed E-state index contributed by atoms with van der Waals surface area (Å²) in [6, 6.07) is 15.5. The lowest BCUT2D eigenvalue weighted by molar-refractivity contribution is 0.101. The highest BCUT2D eigenvalue weighted by atomic mass is 19.1. The summed E-state index contributed by atoms with van der Waals surface area (Å²) in [4.78, 5) is 25.8. The normalized spacial score (nSPS) is 14.6. The van der Waals surface area contributed by atoms with Crippen LogP contribution < -0.4 is 16.0 Å². The molecule has 1 aliphatic rings. The SMILES string of the molecule is CN=C(Cc1ccnc(Nc2ccc3c(c2)CC(NC)C3)n1)c1ccc(F)c(NC(=O)c2c(F)cccc2F)c1. The lowest BCUT2D eigenvalue weighted by atomic mass is 10.0. The summed E-state index contributed by atoms with van der Waals surface area (Å²) in [5, 5.41) is 8.85. The standard InChI is InChI=1S/C30H27F3N6O/c1-34-22-12-17-6-8-20(13-19(17)14-22)37-30-36-11-10-21(38-30)16-26(35-2)18-7-9-23(31)27(15-18)39-29(40)28-24(32)4-3-5-25(28)33/h3-11,13,15,22,34H,12,14,16H2,1-2H3,(H,39,40)(H,36,37,38). The summed E-state index contributed by atoms with van der Waals surface area (Å²) in [5.74, 6) is -3.51. The van der Waals surface area contributed by atoms with Crippen molar-refractivity contribution in [2.24, 2.45) is 4.99 Å². The number of fused-ring (bicyclic) bond motifs is 1. The monoisotopic (exact) mass is 544 g/mol. The summed E-state index contributed by atoms with van der Waals surface area (Å²) < 4.78 is 42.6. The van der Waals surface area contributed by atoms with Crippen LogP contribution in [0.1, 0.15) is 32.7 Å². The zero-order valence-corrected chi connectivity index (χ0v) is 21.9. The van der Waals surface area contributed by atoms with E-state index < -0.39 is 28.9 Å². The first kappa shape index (κ1) is 27.0. The summed E-state index contributed by atoms with van der Waals surface area (Å²) in [7, 11) is 3.56. The largest absolute Gasteiger partial charge is 0.324 e.